The molecule has 122 valence electrons. The Morgan fingerprint density at radius 3 is 1.25 bits per heavy atom. The van der Waals surface area contributed by atoms with Crippen molar-refractivity contribution >= 4 is 32.3 Å². The van der Waals surface area contributed by atoms with Gasteiger partial charge in [0.25, 0.3) is 0 Å². The Morgan fingerprint density at radius 2 is 0.917 bits per heavy atom. The van der Waals surface area contributed by atoms with E-state index in [-0.39, 0.29) is 10.8 Å². The van der Waals surface area contributed by atoms with Gasteiger partial charge in [0.2, 0.25) is 0 Å². The van der Waals surface area contributed by atoms with E-state index in [1.54, 1.807) is 0 Å². The monoisotopic (exact) mass is 314 g/mol. The largest absolute Gasteiger partial charge is 0.0610 e. The molecule has 0 heteroatoms. The first-order chi connectivity index (χ1) is 11.2. The smallest absolute Gasteiger partial charge is 0.00236 e. The van der Waals surface area contributed by atoms with Gasteiger partial charge < -0.3 is 0 Å². The molecular formula is C24H26. The molecule has 0 aromatic heterocycles. The van der Waals surface area contributed by atoms with Crippen LogP contribution in [0.1, 0.15) is 52.7 Å². The van der Waals surface area contributed by atoms with Gasteiger partial charge in [-0.1, -0.05) is 77.9 Å². The van der Waals surface area contributed by atoms with Gasteiger partial charge >= 0.3 is 0 Å². The van der Waals surface area contributed by atoms with Gasteiger partial charge in [-0.05, 0) is 66.4 Å². The maximum Gasteiger partial charge on any atom is -0.00236 e. The van der Waals surface area contributed by atoms with Crippen molar-refractivity contribution in [1.82, 2.24) is 0 Å². The van der Waals surface area contributed by atoms with Crippen LogP contribution in [-0.2, 0) is 10.8 Å². The van der Waals surface area contributed by atoms with Gasteiger partial charge in [-0.15, -0.1) is 0 Å². The molecule has 0 fully saturated rings. The molecule has 4 aromatic carbocycles. The minimum Gasteiger partial charge on any atom is -0.0610 e. The Bertz CT molecular complexity index is 965. The Kier molecular flexibility index (Phi) is 3.04. The van der Waals surface area contributed by atoms with E-state index in [0.29, 0.717) is 0 Å². The summed E-state index contributed by atoms with van der Waals surface area (Å²) in [5, 5.41) is 8.42. The van der Waals surface area contributed by atoms with Crippen molar-refractivity contribution in [3.8, 4) is 0 Å². The summed E-state index contributed by atoms with van der Waals surface area (Å²) >= 11 is 0. The summed E-state index contributed by atoms with van der Waals surface area (Å²) in [6, 6.07) is 18.4. The first-order valence-electron chi connectivity index (χ1n) is 8.89. The van der Waals surface area contributed by atoms with Gasteiger partial charge in [-0.3, -0.25) is 0 Å². The molecule has 0 aliphatic heterocycles. The highest BCUT2D eigenvalue weighted by molar-refractivity contribution is 6.24. The maximum absolute atomic E-state index is 2.41. The lowest BCUT2D eigenvalue weighted by Crippen LogP contribution is -2.14. The Hall–Kier alpha value is -2.08. The molecule has 0 radical (unpaired) electrons. The first-order valence-corrected chi connectivity index (χ1v) is 8.89. The fourth-order valence-electron chi connectivity index (χ4n) is 4.10. The molecule has 0 saturated heterocycles. The lowest BCUT2D eigenvalue weighted by Gasteiger charge is -2.27. The molecule has 24 heavy (non-hydrogen) atoms. The second-order valence-electron chi connectivity index (χ2n) is 9.16. The summed E-state index contributed by atoms with van der Waals surface area (Å²) in [5.41, 5.74) is 3.15. The molecule has 4 rings (SSSR count). The summed E-state index contributed by atoms with van der Waals surface area (Å²) in [4.78, 5) is 0. The van der Waals surface area contributed by atoms with Crippen LogP contribution >= 0.6 is 0 Å². The van der Waals surface area contributed by atoms with Gasteiger partial charge in [-0.25, -0.2) is 0 Å². The van der Waals surface area contributed by atoms with Crippen LogP contribution in [0.5, 0.6) is 0 Å². The van der Waals surface area contributed by atoms with Crippen molar-refractivity contribution in [2.24, 2.45) is 0 Å². The third kappa shape index (κ3) is 2.13. The zero-order valence-electron chi connectivity index (χ0n) is 15.6. The van der Waals surface area contributed by atoms with E-state index in [1.165, 1.54) is 43.4 Å². The van der Waals surface area contributed by atoms with Gasteiger partial charge in [0.05, 0.1) is 0 Å². The third-order valence-corrected chi connectivity index (χ3v) is 5.24. The lowest BCUT2D eigenvalue weighted by molar-refractivity contribution is 0.595. The molecule has 0 atom stereocenters. The minimum absolute atomic E-state index is 0.136. The summed E-state index contributed by atoms with van der Waals surface area (Å²) in [6.45, 7) is 13.9. The zero-order valence-corrected chi connectivity index (χ0v) is 15.6. The Balaban J connectivity index is 2.32. The van der Waals surface area contributed by atoms with Crippen molar-refractivity contribution in [2.45, 2.75) is 52.4 Å². The van der Waals surface area contributed by atoms with Gasteiger partial charge in [0, 0.05) is 0 Å². The van der Waals surface area contributed by atoms with E-state index in [2.05, 4.69) is 90.1 Å². The second-order valence-corrected chi connectivity index (χ2v) is 9.16. The summed E-state index contributed by atoms with van der Waals surface area (Å²) in [7, 11) is 0. The topological polar surface area (TPSA) is 0 Å². The van der Waals surface area contributed by atoms with E-state index in [4.69, 9.17) is 0 Å². The number of rotatable bonds is 0. The molecule has 0 nitrogen and oxygen atoms in total. The summed E-state index contributed by atoms with van der Waals surface area (Å²) < 4.78 is 0. The van der Waals surface area contributed by atoms with Crippen molar-refractivity contribution in [2.75, 3.05) is 0 Å². The van der Waals surface area contributed by atoms with Crippen LogP contribution in [0.2, 0.25) is 0 Å². The van der Waals surface area contributed by atoms with Crippen LogP contribution in [-0.4, -0.2) is 0 Å². The standard InChI is InChI=1S/C24H26/c1-23(2,3)19-13-15-9-8-12-18-20(24(4,5)6)14-16-10-7-11-17(19)21(16)22(15)18/h7-14H,1-6H3. The van der Waals surface area contributed by atoms with Crippen LogP contribution in [0.3, 0.4) is 0 Å². The van der Waals surface area contributed by atoms with E-state index < -0.39 is 0 Å². The molecule has 0 aliphatic carbocycles. The first kappa shape index (κ1) is 15.4. The average Bonchev–Trinajstić information content (AvgIpc) is 2.50. The van der Waals surface area contributed by atoms with Crippen LogP contribution in [0.25, 0.3) is 32.3 Å². The van der Waals surface area contributed by atoms with Crippen molar-refractivity contribution in [3.63, 3.8) is 0 Å². The third-order valence-electron chi connectivity index (χ3n) is 5.24. The normalized spacial score (nSPS) is 13.4. The Labute approximate surface area is 144 Å². The molecule has 0 spiro atoms. The van der Waals surface area contributed by atoms with Crippen molar-refractivity contribution < 1.29 is 0 Å². The van der Waals surface area contributed by atoms with Crippen LogP contribution in [0, 0.1) is 0 Å². The van der Waals surface area contributed by atoms with Gasteiger partial charge in [0.1, 0.15) is 0 Å². The fraction of sp³-hybridized carbons (Fsp3) is 0.333. The molecule has 0 aliphatic rings. The van der Waals surface area contributed by atoms with E-state index >= 15 is 0 Å². The summed E-state index contributed by atoms with van der Waals surface area (Å²) in [5.74, 6) is 0. The molecule has 0 unspecified atom stereocenters. The highest BCUT2D eigenvalue weighted by atomic mass is 14.3. The predicted molar refractivity (Wildman–Crippen MR) is 108 cm³/mol. The molecule has 0 amide bonds. The van der Waals surface area contributed by atoms with E-state index in [0.717, 1.165) is 0 Å². The SMILES string of the molecule is CC(C)(C)c1cc2cccc3c(C(C)(C)C)cc4cccc1c4c23. The van der Waals surface area contributed by atoms with Crippen molar-refractivity contribution in [1.29, 1.82) is 0 Å². The molecule has 0 bridgehead atoms. The zero-order chi connectivity index (χ0) is 17.3. The maximum atomic E-state index is 2.41. The highest BCUT2D eigenvalue weighted by Crippen LogP contribution is 2.43. The molecule has 4 aromatic rings. The average molecular weight is 314 g/mol. The van der Waals surface area contributed by atoms with E-state index in [1.807, 2.05) is 0 Å². The number of hydrogen-bond acceptors (Lipinski definition) is 0. The summed E-state index contributed by atoms with van der Waals surface area (Å²) in [6.07, 6.45) is 0. The lowest BCUT2D eigenvalue weighted by atomic mass is 9.77. The molecule has 0 saturated carbocycles. The second kappa shape index (κ2) is 4.72. The van der Waals surface area contributed by atoms with Gasteiger partial charge in [0.15, 0.2) is 0 Å². The number of benzene rings is 4. The fourth-order valence-corrected chi connectivity index (χ4v) is 4.10. The molecule has 0 N–H and O–H groups in total. The van der Waals surface area contributed by atoms with Crippen molar-refractivity contribution in [3.05, 3.63) is 59.7 Å². The molecule has 0 heterocycles. The van der Waals surface area contributed by atoms with Crippen LogP contribution in [0.4, 0.5) is 0 Å². The quantitative estimate of drug-likeness (QED) is 0.301. The number of hydrogen-bond donors (Lipinski definition) is 0. The highest BCUT2D eigenvalue weighted by Gasteiger charge is 2.23. The molecular weight excluding hydrogens is 288 g/mol. The predicted octanol–water partition coefficient (Wildman–Crippen LogP) is 7.18. The van der Waals surface area contributed by atoms with Crippen LogP contribution in [0.15, 0.2) is 48.5 Å². The van der Waals surface area contributed by atoms with Gasteiger partial charge in [-0.2, -0.15) is 0 Å². The Morgan fingerprint density at radius 1 is 0.542 bits per heavy atom. The van der Waals surface area contributed by atoms with Crippen LogP contribution < -0.4 is 0 Å². The minimum atomic E-state index is 0.136. The van der Waals surface area contributed by atoms with E-state index in [9.17, 15) is 0 Å².